The van der Waals surface area contributed by atoms with Crippen molar-refractivity contribution in [3.8, 4) is 5.75 Å². The fourth-order valence-corrected chi connectivity index (χ4v) is 3.96. The molecular formula is C17H21N3O5S2. The highest BCUT2D eigenvalue weighted by atomic mass is 32.2. The van der Waals surface area contributed by atoms with Gasteiger partial charge in [-0.1, -0.05) is 31.5 Å². The molecule has 1 aromatic heterocycles. The van der Waals surface area contributed by atoms with Crippen LogP contribution in [0, 0.1) is 0 Å². The van der Waals surface area contributed by atoms with Gasteiger partial charge in [0, 0.05) is 11.9 Å². The number of aromatic carboxylic acids is 1. The van der Waals surface area contributed by atoms with Crippen LogP contribution < -0.4 is 9.46 Å². The first-order valence-corrected chi connectivity index (χ1v) is 10.7. The van der Waals surface area contributed by atoms with E-state index in [0.29, 0.717) is 10.9 Å². The van der Waals surface area contributed by atoms with E-state index in [1.165, 1.54) is 43.1 Å². The van der Waals surface area contributed by atoms with E-state index in [0.717, 1.165) is 31.2 Å². The number of rotatable bonds is 10. The lowest BCUT2D eigenvalue weighted by Gasteiger charge is -2.11. The molecule has 0 fully saturated rings. The molecule has 1 aromatic carbocycles. The SMILES string of the molecule is CCCCCSc1ncc(C(=O)O)c(NS(=O)(=O)c2ccc(OC)cc2)n1. The van der Waals surface area contributed by atoms with Crippen molar-refractivity contribution < 1.29 is 23.1 Å². The maximum atomic E-state index is 12.6. The molecule has 146 valence electrons. The van der Waals surface area contributed by atoms with Crippen LogP contribution in [-0.2, 0) is 10.0 Å². The maximum Gasteiger partial charge on any atom is 0.341 e. The zero-order chi connectivity index (χ0) is 19.9. The maximum absolute atomic E-state index is 12.6. The molecule has 10 heteroatoms. The van der Waals surface area contributed by atoms with Crippen molar-refractivity contribution in [2.45, 2.75) is 36.2 Å². The topological polar surface area (TPSA) is 118 Å². The van der Waals surface area contributed by atoms with Gasteiger partial charge in [0.15, 0.2) is 11.0 Å². The molecule has 0 radical (unpaired) electrons. The van der Waals surface area contributed by atoms with Crippen LogP contribution in [0.25, 0.3) is 0 Å². The number of benzene rings is 1. The van der Waals surface area contributed by atoms with Crippen LogP contribution in [0.15, 0.2) is 40.5 Å². The zero-order valence-electron chi connectivity index (χ0n) is 15.0. The number of ether oxygens (including phenoxy) is 1. The number of unbranched alkanes of at least 4 members (excludes halogenated alkanes) is 2. The number of hydrogen-bond donors (Lipinski definition) is 2. The van der Waals surface area contributed by atoms with E-state index in [1.807, 2.05) is 0 Å². The Morgan fingerprint density at radius 3 is 2.56 bits per heavy atom. The molecule has 2 aromatic rings. The number of thioether (sulfide) groups is 1. The number of anilines is 1. The number of hydrogen-bond acceptors (Lipinski definition) is 7. The Morgan fingerprint density at radius 1 is 1.26 bits per heavy atom. The van der Waals surface area contributed by atoms with Gasteiger partial charge in [0.1, 0.15) is 11.3 Å². The number of carbonyl (C=O) groups is 1. The van der Waals surface area contributed by atoms with E-state index in [4.69, 9.17) is 4.74 Å². The largest absolute Gasteiger partial charge is 0.497 e. The van der Waals surface area contributed by atoms with E-state index in [2.05, 4.69) is 21.6 Å². The van der Waals surface area contributed by atoms with Crippen LogP contribution >= 0.6 is 11.8 Å². The summed E-state index contributed by atoms with van der Waals surface area (Å²) >= 11 is 1.36. The average molecular weight is 412 g/mol. The summed E-state index contributed by atoms with van der Waals surface area (Å²) in [6.45, 7) is 2.09. The summed E-state index contributed by atoms with van der Waals surface area (Å²) in [5.41, 5.74) is -0.315. The average Bonchev–Trinajstić information content (AvgIpc) is 2.65. The fraction of sp³-hybridized carbons (Fsp3) is 0.353. The summed E-state index contributed by atoms with van der Waals surface area (Å²) in [7, 11) is -2.53. The predicted octanol–water partition coefficient (Wildman–Crippen LogP) is 3.27. The van der Waals surface area contributed by atoms with Crippen molar-refractivity contribution in [2.75, 3.05) is 17.6 Å². The minimum Gasteiger partial charge on any atom is -0.497 e. The summed E-state index contributed by atoms with van der Waals surface area (Å²) in [5, 5.41) is 9.62. The van der Waals surface area contributed by atoms with Crippen molar-refractivity contribution in [3.63, 3.8) is 0 Å². The lowest BCUT2D eigenvalue weighted by molar-refractivity contribution is 0.0697. The predicted molar refractivity (Wildman–Crippen MR) is 103 cm³/mol. The van der Waals surface area contributed by atoms with Gasteiger partial charge in [-0.25, -0.2) is 23.2 Å². The second-order valence-corrected chi connectivity index (χ2v) is 8.30. The minimum atomic E-state index is -4.01. The summed E-state index contributed by atoms with van der Waals surface area (Å²) in [4.78, 5) is 19.5. The molecule has 2 N–H and O–H groups in total. The van der Waals surface area contributed by atoms with Crippen molar-refractivity contribution in [2.24, 2.45) is 0 Å². The third-order valence-electron chi connectivity index (χ3n) is 3.58. The van der Waals surface area contributed by atoms with Crippen molar-refractivity contribution in [3.05, 3.63) is 36.0 Å². The summed E-state index contributed by atoms with van der Waals surface area (Å²) < 4.78 is 32.4. The van der Waals surface area contributed by atoms with Crippen molar-refractivity contribution >= 4 is 33.6 Å². The van der Waals surface area contributed by atoms with Gasteiger partial charge in [-0.3, -0.25) is 4.72 Å². The molecule has 1 heterocycles. The molecule has 27 heavy (non-hydrogen) atoms. The van der Waals surface area contributed by atoms with Crippen LogP contribution in [0.3, 0.4) is 0 Å². The van der Waals surface area contributed by atoms with E-state index in [1.54, 1.807) is 0 Å². The summed E-state index contributed by atoms with van der Waals surface area (Å²) in [5.74, 6) is -0.297. The Labute approximate surface area is 162 Å². The number of nitrogens with one attached hydrogen (secondary N) is 1. The molecule has 8 nitrogen and oxygen atoms in total. The van der Waals surface area contributed by atoms with Gasteiger partial charge < -0.3 is 9.84 Å². The van der Waals surface area contributed by atoms with Crippen LogP contribution in [0.5, 0.6) is 5.75 Å². The molecule has 0 aliphatic heterocycles. The normalized spacial score (nSPS) is 11.2. The standard InChI is InChI=1S/C17H21N3O5S2/c1-3-4-5-10-26-17-18-11-14(16(21)22)15(19-17)20-27(23,24)13-8-6-12(25-2)7-9-13/h6-9,11H,3-5,10H2,1-2H3,(H,21,22)(H,18,19,20). The zero-order valence-corrected chi connectivity index (χ0v) is 16.6. The number of aromatic nitrogens is 2. The second kappa shape index (κ2) is 9.56. The van der Waals surface area contributed by atoms with Gasteiger partial charge in [0.25, 0.3) is 10.0 Å². The van der Waals surface area contributed by atoms with Gasteiger partial charge in [0.2, 0.25) is 0 Å². The molecule has 0 spiro atoms. The van der Waals surface area contributed by atoms with E-state index >= 15 is 0 Å². The Balaban J connectivity index is 2.26. The van der Waals surface area contributed by atoms with E-state index in [9.17, 15) is 18.3 Å². The molecular weight excluding hydrogens is 390 g/mol. The lowest BCUT2D eigenvalue weighted by atomic mass is 10.3. The first-order chi connectivity index (χ1) is 12.9. The van der Waals surface area contributed by atoms with Gasteiger partial charge in [0.05, 0.1) is 12.0 Å². The molecule has 0 atom stereocenters. The fourth-order valence-electron chi connectivity index (χ4n) is 2.13. The molecule has 2 rings (SSSR count). The van der Waals surface area contributed by atoms with E-state index in [-0.39, 0.29) is 16.3 Å². The molecule has 0 amide bonds. The first-order valence-electron chi connectivity index (χ1n) is 8.27. The third kappa shape index (κ3) is 5.83. The van der Waals surface area contributed by atoms with Gasteiger partial charge in [-0.05, 0) is 30.7 Å². The Morgan fingerprint density at radius 2 is 1.96 bits per heavy atom. The number of carboxylic acid groups (broad SMARTS) is 1. The molecule has 0 saturated heterocycles. The molecule has 0 aliphatic carbocycles. The van der Waals surface area contributed by atoms with Crippen LogP contribution in [0.4, 0.5) is 5.82 Å². The molecule has 0 bridgehead atoms. The van der Waals surface area contributed by atoms with Crippen molar-refractivity contribution in [1.29, 1.82) is 0 Å². The Bertz CT molecular complexity index is 886. The molecule has 0 unspecified atom stereocenters. The molecule has 0 saturated carbocycles. The van der Waals surface area contributed by atoms with Crippen LogP contribution in [0.2, 0.25) is 0 Å². The van der Waals surface area contributed by atoms with Gasteiger partial charge in [-0.2, -0.15) is 0 Å². The number of methoxy groups -OCH3 is 1. The van der Waals surface area contributed by atoms with Gasteiger partial charge >= 0.3 is 5.97 Å². The number of nitrogens with zero attached hydrogens (tertiary/aromatic N) is 2. The quantitative estimate of drug-likeness (QED) is 0.347. The number of sulfonamides is 1. The lowest BCUT2D eigenvalue weighted by Crippen LogP contribution is -2.17. The Kier molecular flexibility index (Phi) is 7.43. The summed E-state index contributed by atoms with van der Waals surface area (Å²) in [6.07, 6.45) is 4.23. The third-order valence-corrected chi connectivity index (χ3v) is 5.88. The van der Waals surface area contributed by atoms with Crippen LogP contribution in [-0.4, -0.2) is 42.3 Å². The monoisotopic (exact) mass is 411 g/mol. The highest BCUT2D eigenvalue weighted by Crippen LogP contribution is 2.23. The highest BCUT2D eigenvalue weighted by molar-refractivity contribution is 7.99. The first kappa shape index (κ1) is 21.0. The molecule has 0 aliphatic rings. The minimum absolute atomic E-state index is 0.0320. The smallest absolute Gasteiger partial charge is 0.341 e. The van der Waals surface area contributed by atoms with E-state index < -0.39 is 16.0 Å². The second-order valence-electron chi connectivity index (χ2n) is 5.56. The van der Waals surface area contributed by atoms with Gasteiger partial charge in [-0.15, -0.1) is 0 Å². The number of carboxylic acids is 1. The Hall–Kier alpha value is -2.33. The van der Waals surface area contributed by atoms with Crippen molar-refractivity contribution in [1.82, 2.24) is 9.97 Å². The van der Waals surface area contributed by atoms with Crippen LogP contribution in [0.1, 0.15) is 36.5 Å². The highest BCUT2D eigenvalue weighted by Gasteiger charge is 2.21. The summed E-state index contributed by atoms with van der Waals surface area (Å²) in [6, 6.07) is 5.73.